The quantitative estimate of drug-likeness (QED) is 0.696. The van der Waals surface area contributed by atoms with Crippen LogP contribution in [0.5, 0.6) is 0 Å². The van der Waals surface area contributed by atoms with Crippen molar-refractivity contribution >= 4 is 46.3 Å². The number of aromatic nitrogens is 1. The van der Waals surface area contributed by atoms with Crippen LogP contribution < -0.4 is 10.6 Å². The minimum absolute atomic E-state index is 0.211. The molecule has 0 radical (unpaired) electrons. The second-order valence-electron chi connectivity index (χ2n) is 4.75. The van der Waals surface area contributed by atoms with E-state index in [1.807, 2.05) is 6.92 Å². The highest BCUT2D eigenvalue weighted by Crippen LogP contribution is 2.28. The number of anilines is 2. The molecule has 5 nitrogen and oxygen atoms in total. The van der Waals surface area contributed by atoms with Crippen LogP contribution in [0.3, 0.4) is 0 Å². The summed E-state index contributed by atoms with van der Waals surface area (Å²) in [6.45, 7) is 1.85. The fraction of sp³-hybridized carbons (Fsp3) is 0.188. The molecule has 0 aliphatic heterocycles. The summed E-state index contributed by atoms with van der Waals surface area (Å²) in [7, 11) is 1.69. The Hall–Kier alpha value is -2.11. The van der Waals surface area contributed by atoms with E-state index in [4.69, 9.17) is 28.6 Å². The largest absolute Gasteiger partial charge is 0.373 e. The Morgan fingerprint density at radius 2 is 1.91 bits per heavy atom. The van der Waals surface area contributed by atoms with Gasteiger partial charge in [-0.25, -0.2) is 4.98 Å². The van der Waals surface area contributed by atoms with Crippen molar-refractivity contribution in [3.63, 3.8) is 0 Å². The third-order valence-electron chi connectivity index (χ3n) is 3.25. The molecule has 0 unspecified atom stereocenters. The van der Waals surface area contributed by atoms with E-state index in [0.29, 0.717) is 34.2 Å². The molecular weight excluding hydrogens is 335 g/mol. The molecule has 7 heteroatoms. The van der Waals surface area contributed by atoms with Gasteiger partial charge in [0.1, 0.15) is 5.82 Å². The first-order valence-corrected chi connectivity index (χ1v) is 7.74. The maximum absolute atomic E-state index is 12.4. The fourth-order valence-corrected chi connectivity index (χ4v) is 2.48. The highest BCUT2D eigenvalue weighted by molar-refractivity contribution is 6.38. The van der Waals surface area contributed by atoms with Crippen molar-refractivity contribution in [1.82, 2.24) is 4.98 Å². The average Bonchev–Trinajstić information content (AvgIpc) is 2.55. The minimum atomic E-state index is -0.391. The summed E-state index contributed by atoms with van der Waals surface area (Å²) in [5, 5.41) is 14.5. The summed E-state index contributed by atoms with van der Waals surface area (Å²) in [5.74, 6) is 0.0857. The monoisotopic (exact) mass is 350 g/mol. The third-order valence-corrected chi connectivity index (χ3v) is 3.90. The number of rotatable bonds is 5. The van der Waals surface area contributed by atoms with Crippen LogP contribution in [0.4, 0.5) is 11.5 Å². The van der Waals surface area contributed by atoms with Gasteiger partial charge in [-0.15, -0.1) is 0 Å². The van der Waals surface area contributed by atoms with E-state index in [0.717, 1.165) is 0 Å². The number of carbonyl (C=O) groups excluding carboxylic acids is 1. The zero-order chi connectivity index (χ0) is 17.0. The molecule has 0 saturated heterocycles. The maximum atomic E-state index is 12.4. The summed E-state index contributed by atoms with van der Waals surface area (Å²) in [6.07, 6.45) is 1.88. The maximum Gasteiger partial charge on any atom is 0.258 e. The van der Waals surface area contributed by atoms with Crippen LogP contribution in [0.1, 0.15) is 29.3 Å². The van der Waals surface area contributed by atoms with Gasteiger partial charge in [0, 0.05) is 29.7 Å². The van der Waals surface area contributed by atoms with Crippen LogP contribution in [-0.4, -0.2) is 23.7 Å². The molecule has 0 aliphatic carbocycles. The Bertz CT molecular complexity index is 744. The van der Waals surface area contributed by atoms with Crippen LogP contribution in [0.2, 0.25) is 10.0 Å². The molecule has 1 aromatic carbocycles. The molecule has 0 spiro atoms. The van der Waals surface area contributed by atoms with E-state index < -0.39 is 5.91 Å². The minimum Gasteiger partial charge on any atom is -0.373 e. The van der Waals surface area contributed by atoms with E-state index in [1.165, 1.54) is 6.20 Å². The predicted molar refractivity (Wildman–Crippen MR) is 95.3 cm³/mol. The smallest absolute Gasteiger partial charge is 0.258 e. The molecule has 0 fully saturated rings. The molecule has 3 N–H and O–H groups in total. The second-order valence-corrected chi connectivity index (χ2v) is 5.57. The van der Waals surface area contributed by atoms with Gasteiger partial charge in [0.05, 0.1) is 16.1 Å². The van der Waals surface area contributed by atoms with Crippen LogP contribution in [0.25, 0.3) is 0 Å². The fourth-order valence-electron chi connectivity index (χ4n) is 2.02. The van der Waals surface area contributed by atoms with Crippen LogP contribution in [0, 0.1) is 5.41 Å². The number of amides is 1. The molecule has 2 rings (SSSR count). The lowest BCUT2D eigenvalue weighted by Gasteiger charge is -2.14. The van der Waals surface area contributed by atoms with Crippen LogP contribution in [0.15, 0.2) is 30.5 Å². The van der Waals surface area contributed by atoms with Gasteiger partial charge in [0.15, 0.2) is 0 Å². The van der Waals surface area contributed by atoms with E-state index in [1.54, 1.807) is 31.3 Å². The Morgan fingerprint density at radius 3 is 2.48 bits per heavy atom. The molecular formula is C16H16Cl2N4O. The molecule has 1 aromatic heterocycles. The van der Waals surface area contributed by atoms with E-state index in [9.17, 15) is 4.79 Å². The molecule has 2 aromatic rings. The number of hydrogen-bond donors (Lipinski definition) is 3. The van der Waals surface area contributed by atoms with Crippen LogP contribution in [-0.2, 0) is 0 Å². The first-order valence-electron chi connectivity index (χ1n) is 6.98. The summed E-state index contributed by atoms with van der Waals surface area (Å²) >= 11 is 12.2. The van der Waals surface area contributed by atoms with Crippen molar-refractivity contribution in [3.8, 4) is 0 Å². The predicted octanol–water partition coefficient (Wildman–Crippen LogP) is 4.46. The molecule has 120 valence electrons. The second kappa shape index (κ2) is 7.44. The van der Waals surface area contributed by atoms with Crippen molar-refractivity contribution in [2.45, 2.75) is 13.3 Å². The topological polar surface area (TPSA) is 77.9 Å². The van der Waals surface area contributed by atoms with Gasteiger partial charge in [0.2, 0.25) is 0 Å². The lowest BCUT2D eigenvalue weighted by atomic mass is 10.1. The summed E-state index contributed by atoms with van der Waals surface area (Å²) < 4.78 is 0. The molecule has 0 bridgehead atoms. The zero-order valence-electron chi connectivity index (χ0n) is 12.7. The number of halogens is 2. The Labute approximate surface area is 144 Å². The van der Waals surface area contributed by atoms with Gasteiger partial charge in [-0.05, 0) is 30.7 Å². The SMILES string of the molecule is CCC(=N)c1c(NC)ncc(C(=O)Nc2ccc(Cl)cc2)c1Cl. The van der Waals surface area contributed by atoms with Crippen molar-refractivity contribution in [2.24, 2.45) is 0 Å². The average molecular weight is 351 g/mol. The number of benzene rings is 1. The van der Waals surface area contributed by atoms with E-state index in [-0.39, 0.29) is 10.6 Å². The Morgan fingerprint density at radius 1 is 1.26 bits per heavy atom. The van der Waals surface area contributed by atoms with Crippen molar-refractivity contribution in [1.29, 1.82) is 5.41 Å². The summed E-state index contributed by atoms with van der Waals surface area (Å²) in [4.78, 5) is 16.6. The molecule has 1 amide bonds. The number of pyridine rings is 1. The first-order chi connectivity index (χ1) is 11.0. The zero-order valence-corrected chi connectivity index (χ0v) is 14.2. The Kier molecular flexibility index (Phi) is 5.58. The number of hydrogen-bond acceptors (Lipinski definition) is 4. The van der Waals surface area contributed by atoms with Gasteiger partial charge < -0.3 is 16.0 Å². The number of nitrogens with one attached hydrogen (secondary N) is 3. The van der Waals surface area contributed by atoms with Gasteiger partial charge in [-0.1, -0.05) is 30.1 Å². The summed E-state index contributed by atoms with van der Waals surface area (Å²) in [6, 6.07) is 6.75. The van der Waals surface area contributed by atoms with E-state index >= 15 is 0 Å². The van der Waals surface area contributed by atoms with Crippen molar-refractivity contribution in [2.75, 3.05) is 17.7 Å². The molecule has 1 heterocycles. The van der Waals surface area contributed by atoms with Crippen molar-refractivity contribution < 1.29 is 4.79 Å². The van der Waals surface area contributed by atoms with Crippen LogP contribution >= 0.6 is 23.2 Å². The molecule has 0 aliphatic rings. The normalized spacial score (nSPS) is 10.3. The number of carbonyl (C=O) groups is 1. The molecule has 0 atom stereocenters. The van der Waals surface area contributed by atoms with E-state index in [2.05, 4.69) is 15.6 Å². The van der Waals surface area contributed by atoms with Gasteiger partial charge in [-0.2, -0.15) is 0 Å². The van der Waals surface area contributed by atoms with Gasteiger partial charge in [0.25, 0.3) is 5.91 Å². The Balaban J connectivity index is 2.37. The highest BCUT2D eigenvalue weighted by atomic mass is 35.5. The lowest BCUT2D eigenvalue weighted by molar-refractivity contribution is 0.102. The molecule has 23 heavy (non-hydrogen) atoms. The summed E-state index contributed by atoms with van der Waals surface area (Å²) in [5.41, 5.74) is 1.57. The molecule has 0 saturated carbocycles. The van der Waals surface area contributed by atoms with Gasteiger partial charge in [-0.3, -0.25) is 4.79 Å². The van der Waals surface area contributed by atoms with Gasteiger partial charge >= 0.3 is 0 Å². The lowest BCUT2D eigenvalue weighted by Crippen LogP contribution is -2.16. The standard InChI is InChI=1S/C16H16Cl2N4O/c1-3-12(19)13-14(18)11(8-21-15(13)20-2)16(23)22-10-6-4-9(17)5-7-10/h4-8,19H,3H2,1-2H3,(H,20,21)(H,22,23). The number of nitrogens with zero attached hydrogens (tertiary/aromatic N) is 1. The van der Waals surface area contributed by atoms with Crippen molar-refractivity contribution in [3.05, 3.63) is 51.6 Å². The first kappa shape index (κ1) is 17.2. The highest BCUT2D eigenvalue weighted by Gasteiger charge is 2.20. The third kappa shape index (κ3) is 3.81.